The van der Waals surface area contributed by atoms with E-state index in [4.69, 9.17) is 0 Å². The highest BCUT2D eigenvalue weighted by Crippen LogP contribution is 2.12. The van der Waals surface area contributed by atoms with Crippen molar-refractivity contribution < 1.29 is 0 Å². The summed E-state index contributed by atoms with van der Waals surface area (Å²) in [7, 11) is 0. The number of rotatable bonds is 1. The molecular weight excluding hydrogens is 180 g/mol. The molecule has 0 unspecified atom stereocenters. The summed E-state index contributed by atoms with van der Waals surface area (Å²) >= 11 is 0. The molecule has 0 saturated carbocycles. The van der Waals surface area contributed by atoms with Gasteiger partial charge < -0.3 is 4.98 Å². The zero-order valence-corrected chi connectivity index (χ0v) is 7.98. The average molecular weight is 190 g/mol. The number of hydrogen-bond donors (Lipinski definition) is 1. The molecule has 1 N–H and O–H groups in total. The van der Waals surface area contributed by atoms with Crippen molar-refractivity contribution in [3.8, 4) is 0 Å². The third-order valence-corrected chi connectivity index (χ3v) is 2.00. The largest absolute Gasteiger partial charge is 0.311 e. The van der Waals surface area contributed by atoms with E-state index in [9.17, 15) is 4.79 Å². The van der Waals surface area contributed by atoms with Crippen LogP contribution in [0.1, 0.15) is 25.5 Å². The highest BCUT2D eigenvalue weighted by molar-refractivity contribution is 5.71. The van der Waals surface area contributed by atoms with E-state index < -0.39 is 0 Å². The second-order valence-electron chi connectivity index (χ2n) is 3.39. The minimum Gasteiger partial charge on any atom is -0.311 e. The Kier molecular flexibility index (Phi) is 1.99. The summed E-state index contributed by atoms with van der Waals surface area (Å²) in [5.74, 6) is 0.285. The van der Waals surface area contributed by atoms with Gasteiger partial charge in [-0.3, -0.25) is 4.79 Å². The summed E-state index contributed by atoms with van der Waals surface area (Å²) in [6, 6.07) is 1.79. The van der Waals surface area contributed by atoms with E-state index in [2.05, 4.69) is 20.2 Å². The van der Waals surface area contributed by atoms with E-state index in [-0.39, 0.29) is 17.0 Å². The molecule has 0 spiro atoms. The standard InChI is InChI=1S/C9H10N4O/c1-5(2)6-3-7-8(13-12-6)9(14)11-4-10-7/h3-5H,1-2H3,(H,10,11,14). The lowest BCUT2D eigenvalue weighted by Gasteiger charge is -2.02. The molecule has 0 radical (unpaired) electrons. The van der Waals surface area contributed by atoms with Crippen LogP contribution in [0.25, 0.3) is 11.0 Å². The van der Waals surface area contributed by atoms with Gasteiger partial charge in [0.15, 0.2) is 5.52 Å². The molecule has 5 nitrogen and oxygen atoms in total. The van der Waals surface area contributed by atoms with Gasteiger partial charge in [-0.05, 0) is 12.0 Å². The number of nitrogens with one attached hydrogen (secondary N) is 1. The monoisotopic (exact) mass is 190 g/mol. The van der Waals surface area contributed by atoms with Crippen LogP contribution >= 0.6 is 0 Å². The van der Waals surface area contributed by atoms with E-state index in [1.807, 2.05) is 13.8 Å². The van der Waals surface area contributed by atoms with Gasteiger partial charge in [0, 0.05) is 0 Å². The van der Waals surface area contributed by atoms with Crippen LogP contribution in [0.5, 0.6) is 0 Å². The van der Waals surface area contributed by atoms with Crippen molar-refractivity contribution in [3.05, 3.63) is 28.4 Å². The second kappa shape index (κ2) is 3.17. The Morgan fingerprint density at radius 3 is 2.86 bits per heavy atom. The third-order valence-electron chi connectivity index (χ3n) is 2.00. The Hall–Kier alpha value is -1.78. The van der Waals surface area contributed by atoms with Crippen LogP contribution in [-0.2, 0) is 0 Å². The first-order valence-electron chi connectivity index (χ1n) is 4.39. The van der Waals surface area contributed by atoms with Gasteiger partial charge >= 0.3 is 0 Å². The van der Waals surface area contributed by atoms with Crippen LogP contribution < -0.4 is 5.56 Å². The first kappa shape index (κ1) is 8.80. The molecule has 72 valence electrons. The molecule has 0 amide bonds. The maximum atomic E-state index is 11.3. The third kappa shape index (κ3) is 1.37. The van der Waals surface area contributed by atoms with Gasteiger partial charge in [0.05, 0.1) is 17.5 Å². The molecule has 2 heterocycles. The smallest absolute Gasteiger partial charge is 0.279 e. The average Bonchev–Trinajstić information content (AvgIpc) is 2.17. The van der Waals surface area contributed by atoms with Gasteiger partial charge in [-0.2, -0.15) is 5.10 Å². The molecule has 0 aromatic carbocycles. The molecular formula is C9H10N4O. The van der Waals surface area contributed by atoms with Crippen molar-refractivity contribution in [1.82, 2.24) is 20.2 Å². The highest BCUT2D eigenvalue weighted by Gasteiger charge is 2.06. The van der Waals surface area contributed by atoms with Gasteiger partial charge in [0.2, 0.25) is 0 Å². The minimum absolute atomic E-state index is 0.252. The number of nitrogens with zero attached hydrogens (tertiary/aromatic N) is 3. The van der Waals surface area contributed by atoms with Crippen molar-refractivity contribution >= 4 is 11.0 Å². The predicted octanol–water partition coefficient (Wildman–Crippen LogP) is 0.837. The van der Waals surface area contributed by atoms with E-state index in [1.165, 1.54) is 6.33 Å². The molecule has 0 aliphatic heterocycles. The van der Waals surface area contributed by atoms with Gasteiger partial charge in [0.25, 0.3) is 5.56 Å². The molecule has 0 saturated heterocycles. The highest BCUT2D eigenvalue weighted by atomic mass is 16.1. The summed E-state index contributed by atoms with van der Waals surface area (Å²) in [4.78, 5) is 17.7. The maximum absolute atomic E-state index is 11.3. The van der Waals surface area contributed by atoms with Crippen molar-refractivity contribution in [2.75, 3.05) is 0 Å². The lowest BCUT2D eigenvalue weighted by atomic mass is 10.1. The Morgan fingerprint density at radius 1 is 1.36 bits per heavy atom. The summed E-state index contributed by atoms with van der Waals surface area (Å²) in [6.45, 7) is 4.03. The van der Waals surface area contributed by atoms with Gasteiger partial charge in [-0.1, -0.05) is 13.8 Å². The van der Waals surface area contributed by atoms with Crippen LogP contribution in [0.3, 0.4) is 0 Å². The molecule has 0 atom stereocenters. The molecule has 2 rings (SSSR count). The normalized spacial score (nSPS) is 11.1. The molecule has 2 aromatic heterocycles. The topological polar surface area (TPSA) is 71.5 Å². The first-order chi connectivity index (χ1) is 6.68. The van der Waals surface area contributed by atoms with E-state index in [0.29, 0.717) is 5.52 Å². The lowest BCUT2D eigenvalue weighted by molar-refractivity contribution is 0.792. The summed E-state index contributed by atoms with van der Waals surface area (Å²) in [6.07, 6.45) is 1.37. The van der Waals surface area contributed by atoms with Crippen molar-refractivity contribution in [2.24, 2.45) is 0 Å². The van der Waals surface area contributed by atoms with E-state index >= 15 is 0 Å². The van der Waals surface area contributed by atoms with Gasteiger partial charge in [0.1, 0.15) is 0 Å². The number of aromatic nitrogens is 4. The Bertz CT molecular complexity index is 517. The van der Waals surface area contributed by atoms with Crippen LogP contribution in [0.2, 0.25) is 0 Å². The minimum atomic E-state index is -0.252. The van der Waals surface area contributed by atoms with Crippen LogP contribution in [0.15, 0.2) is 17.2 Å². The van der Waals surface area contributed by atoms with E-state index in [0.717, 1.165) is 5.69 Å². The summed E-state index contributed by atoms with van der Waals surface area (Å²) in [5.41, 5.74) is 1.47. The van der Waals surface area contributed by atoms with Gasteiger partial charge in [-0.25, -0.2) is 4.98 Å². The Labute approximate surface area is 80.2 Å². The fourth-order valence-corrected chi connectivity index (χ4v) is 1.17. The molecule has 0 fully saturated rings. The van der Waals surface area contributed by atoms with E-state index in [1.54, 1.807) is 6.07 Å². The summed E-state index contributed by atoms with van der Waals surface area (Å²) in [5, 5.41) is 7.80. The fraction of sp³-hybridized carbons (Fsp3) is 0.333. The zero-order valence-electron chi connectivity index (χ0n) is 7.98. The van der Waals surface area contributed by atoms with Crippen molar-refractivity contribution in [2.45, 2.75) is 19.8 Å². The van der Waals surface area contributed by atoms with Crippen LogP contribution in [0.4, 0.5) is 0 Å². The molecule has 0 aliphatic rings. The zero-order chi connectivity index (χ0) is 10.1. The fourth-order valence-electron chi connectivity index (χ4n) is 1.17. The van der Waals surface area contributed by atoms with Crippen molar-refractivity contribution in [1.29, 1.82) is 0 Å². The molecule has 0 aliphatic carbocycles. The number of fused-ring (bicyclic) bond motifs is 1. The molecule has 2 aromatic rings. The maximum Gasteiger partial charge on any atom is 0.279 e. The lowest BCUT2D eigenvalue weighted by Crippen LogP contribution is -2.10. The number of H-pyrrole nitrogens is 1. The predicted molar refractivity (Wildman–Crippen MR) is 52.0 cm³/mol. The number of aromatic amines is 1. The van der Waals surface area contributed by atoms with Crippen LogP contribution in [-0.4, -0.2) is 20.2 Å². The number of hydrogen-bond acceptors (Lipinski definition) is 4. The van der Waals surface area contributed by atoms with Crippen LogP contribution in [0, 0.1) is 0 Å². The molecule has 5 heteroatoms. The second-order valence-corrected chi connectivity index (χ2v) is 3.39. The SMILES string of the molecule is CC(C)c1cc2nc[nH]c(=O)c2nn1. The Balaban J connectivity index is 2.74. The van der Waals surface area contributed by atoms with Gasteiger partial charge in [-0.15, -0.1) is 5.10 Å². The summed E-state index contributed by atoms with van der Waals surface area (Å²) < 4.78 is 0. The molecule has 0 bridgehead atoms. The first-order valence-corrected chi connectivity index (χ1v) is 4.39. The quantitative estimate of drug-likeness (QED) is 0.723. The molecule has 14 heavy (non-hydrogen) atoms. The Morgan fingerprint density at radius 2 is 2.14 bits per heavy atom. The van der Waals surface area contributed by atoms with Crippen molar-refractivity contribution in [3.63, 3.8) is 0 Å².